The van der Waals surface area contributed by atoms with Crippen molar-refractivity contribution in [2.24, 2.45) is 0 Å². The minimum atomic E-state index is -0.268. The number of Topliss-reactive ketones (excluding diaryl/α,β-unsaturated/α-hetero) is 2. The molecule has 5 aromatic rings. The van der Waals surface area contributed by atoms with Crippen LogP contribution in [0.2, 0.25) is 0 Å². The van der Waals surface area contributed by atoms with Crippen LogP contribution >= 0.6 is 0 Å². The molecule has 1 heterocycles. The van der Waals surface area contributed by atoms with E-state index in [1.165, 1.54) is 5.56 Å². The van der Waals surface area contributed by atoms with Crippen LogP contribution in [0.4, 0.5) is 17.1 Å². The molecule has 0 spiro atoms. The smallest absolute Gasteiger partial charge is 0.197 e. The van der Waals surface area contributed by atoms with E-state index in [-0.39, 0.29) is 22.6 Å². The summed E-state index contributed by atoms with van der Waals surface area (Å²) in [5.74, 6) is -0.409. The van der Waals surface area contributed by atoms with E-state index >= 15 is 0 Å². The van der Waals surface area contributed by atoms with Crippen molar-refractivity contribution in [2.45, 2.75) is 19.3 Å². The number of anilines is 3. The van der Waals surface area contributed by atoms with Crippen LogP contribution in [0.25, 0.3) is 16.8 Å². The van der Waals surface area contributed by atoms with Crippen LogP contribution in [0.1, 0.15) is 51.3 Å². The van der Waals surface area contributed by atoms with Crippen molar-refractivity contribution >= 4 is 45.5 Å². The number of allylic oxidation sites excluding steroid dienone is 1. The first kappa shape index (κ1) is 22.4. The molecule has 7 rings (SSSR count). The van der Waals surface area contributed by atoms with Gasteiger partial charge in [-0.15, -0.1) is 0 Å². The standard InChI is InChI=1S/C35H25NO2/c1-35(2)29-14-8-9-15-31(29)36(25-12-4-3-5-13-25)32-17-16-22(19-30(32)35)18-28-33(37)26-20-23-10-6-7-11-24(23)21-27(26)34(28)38/h3-21H,1-2H3. The van der Waals surface area contributed by atoms with E-state index in [0.29, 0.717) is 11.1 Å². The average Bonchev–Trinajstić information content (AvgIpc) is 3.17. The summed E-state index contributed by atoms with van der Waals surface area (Å²) >= 11 is 0. The van der Waals surface area contributed by atoms with Gasteiger partial charge >= 0.3 is 0 Å². The molecule has 0 radical (unpaired) electrons. The number of nitrogens with zero attached hydrogens (tertiary/aromatic N) is 1. The lowest BCUT2D eigenvalue weighted by Crippen LogP contribution is -2.30. The van der Waals surface area contributed by atoms with E-state index in [1.807, 2.05) is 48.5 Å². The SMILES string of the molecule is CC1(C)c2ccccc2N(c2ccccc2)c2ccc(C=C3C(=O)c4cc5ccccc5cc4C3=O)cc21. The highest BCUT2D eigenvalue weighted by molar-refractivity contribution is 6.42. The van der Waals surface area contributed by atoms with Crippen LogP contribution in [0.15, 0.2) is 115 Å². The minimum absolute atomic E-state index is 0.205. The summed E-state index contributed by atoms with van der Waals surface area (Å²) in [6.07, 6.45) is 1.76. The number of rotatable bonds is 2. The van der Waals surface area contributed by atoms with Gasteiger partial charge in [-0.25, -0.2) is 0 Å². The summed E-state index contributed by atoms with van der Waals surface area (Å²) < 4.78 is 0. The van der Waals surface area contributed by atoms with E-state index in [4.69, 9.17) is 0 Å². The summed E-state index contributed by atoms with van der Waals surface area (Å²) in [5, 5.41) is 1.92. The van der Waals surface area contributed by atoms with Gasteiger partial charge in [-0.1, -0.05) is 80.6 Å². The first-order valence-corrected chi connectivity index (χ1v) is 12.9. The highest BCUT2D eigenvalue weighted by Gasteiger charge is 2.37. The Morgan fingerprint density at radius 3 is 1.87 bits per heavy atom. The molecule has 0 unspecified atom stereocenters. The molecule has 1 aliphatic heterocycles. The molecule has 182 valence electrons. The number of fused-ring (bicyclic) bond motifs is 4. The van der Waals surface area contributed by atoms with Gasteiger partial charge in [-0.2, -0.15) is 0 Å². The first-order chi connectivity index (χ1) is 18.4. The summed E-state index contributed by atoms with van der Waals surface area (Å²) in [6.45, 7) is 4.47. The van der Waals surface area contributed by atoms with Gasteiger partial charge in [-0.3, -0.25) is 9.59 Å². The molecule has 0 saturated heterocycles. The zero-order valence-electron chi connectivity index (χ0n) is 21.2. The Bertz CT molecular complexity index is 1770. The molecule has 0 amide bonds. The average molecular weight is 492 g/mol. The fraction of sp³-hybridized carbons (Fsp3) is 0.0857. The van der Waals surface area contributed by atoms with Crippen molar-refractivity contribution in [1.29, 1.82) is 0 Å². The summed E-state index contributed by atoms with van der Waals surface area (Å²) in [6, 6.07) is 36.6. The molecule has 38 heavy (non-hydrogen) atoms. The molecule has 3 nitrogen and oxygen atoms in total. The maximum Gasteiger partial charge on any atom is 0.197 e. The number of ketones is 2. The molecule has 0 saturated carbocycles. The zero-order valence-corrected chi connectivity index (χ0v) is 21.2. The molecule has 3 heteroatoms. The predicted octanol–water partition coefficient (Wildman–Crippen LogP) is 8.41. The van der Waals surface area contributed by atoms with Crippen LogP contribution < -0.4 is 4.90 Å². The second-order valence-corrected chi connectivity index (χ2v) is 10.6. The van der Waals surface area contributed by atoms with Gasteiger partial charge in [0, 0.05) is 22.2 Å². The lowest BCUT2D eigenvalue weighted by Gasteiger charge is -2.42. The van der Waals surface area contributed by atoms with E-state index in [9.17, 15) is 9.59 Å². The third kappa shape index (κ3) is 3.22. The number of hydrogen-bond donors (Lipinski definition) is 0. The van der Waals surface area contributed by atoms with E-state index in [0.717, 1.165) is 39.0 Å². The van der Waals surface area contributed by atoms with E-state index < -0.39 is 0 Å². The van der Waals surface area contributed by atoms with Crippen molar-refractivity contribution in [3.05, 3.63) is 143 Å². The maximum atomic E-state index is 13.4. The molecule has 0 atom stereocenters. The van der Waals surface area contributed by atoms with Crippen molar-refractivity contribution in [2.75, 3.05) is 4.90 Å². The molecule has 0 N–H and O–H groups in total. The monoisotopic (exact) mass is 491 g/mol. The lowest BCUT2D eigenvalue weighted by molar-refractivity contribution is 0.0990. The Kier molecular flexibility index (Phi) is 4.80. The number of carbonyl (C=O) groups is 2. The Labute approximate surface area is 221 Å². The molecule has 0 fully saturated rings. The molecule has 0 aromatic heterocycles. The fourth-order valence-electron chi connectivity index (χ4n) is 5.97. The molecule has 1 aliphatic carbocycles. The topological polar surface area (TPSA) is 37.4 Å². The van der Waals surface area contributed by atoms with Crippen LogP contribution in [0.3, 0.4) is 0 Å². The molecular weight excluding hydrogens is 466 g/mol. The van der Waals surface area contributed by atoms with Crippen molar-refractivity contribution < 1.29 is 9.59 Å². The van der Waals surface area contributed by atoms with Crippen LogP contribution in [0.5, 0.6) is 0 Å². The Balaban J connectivity index is 1.37. The quantitative estimate of drug-likeness (QED) is 0.184. The van der Waals surface area contributed by atoms with Crippen LogP contribution in [0, 0.1) is 0 Å². The summed E-state index contributed by atoms with van der Waals surface area (Å²) in [4.78, 5) is 29.0. The number of carbonyl (C=O) groups excluding carboxylic acids is 2. The van der Waals surface area contributed by atoms with Crippen molar-refractivity contribution in [3.8, 4) is 0 Å². The number of benzene rings is 5. The molecule has 2 aliphatic rings. The Morgan fingerprint density at radius 1 is 0.605 bits per heavy atom. The summed E-state index contributed by atoms with van der Waals surface area (Å²) in [5.41, 5.74) is 7.50. The van der Waals surface area contributed by atoms with E-state index in [1.54, 1.807) is 6.08 Å². The second-order valence-electron chi connectivity index (χ2n) is 10.6. The van der Waals surface area contributed by atoms with Gasteiger partial charge in [0.05, 0.1) is 16.9 Å². The van der Waals surface area contributed by atoms with Gasteiger partial charge in [-0.05, 0) is 76.0 Å². The first-order valence-electron chi connectivity index (χ1n) is 12.9. The molecular formula is C35H25NO2. The largest absolute Gasteiger partial charge is 0.310 e. The normalized spacial score (nSPS) is 15.3. The van der Waals surface area contributed by atoms with Gasteiger partial charge in [0.25, 0.3) is 0 Å². The van der Waals surface area contributed by atoms with Gasteiger partial charge in [0.15, 0.2) is 11.6 Å². The van der Waals surface area contributed by atoms with Crippen molar-refractivity contribution in [1.82, 2.24) is 0 Å². The highest BCUT2D eigenvalue weighted by Crippen LogP contribution is 2.52. The van der Waals surface area contributed by atoms with Gasteiger partial charge in [0.2, 0.25) is 0 Å². The summed E-state index contributed by atoms with van der Waals surface area (Å²) in [7, 11) is 0. The van der Waals surface area contributed by atoms with E-state index in [2.05, 4.69) is 79.4 Å². The zero-order chi connectivity index (χ0) is 26.0. The van der Waals surface area contributed by atoms with Crippen molar-refractivity contribution in [3.63, 3.8) is 0 Å². The van der Waals surface area contributed by atoms with Crippen LogP contribution in [-0.2, 0) is 5.41 Å². The second kappa shape index (κ2) is 8.12. The maximum absolute atomic E-state index is 13.4. The van der Waals surface area contributed by atoms with Gasteiger partial charge < -0.3 is 4.90 Å². The lowest BCUT2D eigenvalue weighted by atomic mass is 9.73. The third-order valence-corrected chi connectivity index (χ3v) is 7.94. The minimum Gasteiger partial charge on any atom is -0.310 e. The number of hydrogen-bond acceptors (Lipinski definition) is 3. The highest BCUT2D eigenvalue weighted by atomic mass is 16.2. The predicted molar refractivity (Wildman–Crippen MR) is 154 cm³/mol. The van der Waals surface area contributed by atoms with Crippen LogP contribution in [-0.4, -0.2) is 11.6 Å². The third-order valence-electron chi connectivity index (χ3n) is 7.94. The Morgan fingerprint density at radius 2 is 1.18 bits per heavy atom. The molecule has 5 aromatic carbocycles. The fourth-order valence-corrected chi connectivity index (χ4v) is 5.97. The number of para-hydroxylation sites is 2. The molecule has 0 bridgehead atoms. The Hall–Kier alpha value is -4.76. The van der Waals surface area contributed by atoms with Gasteiger partial charge in [0.1, 0.15) is 0 Å².